The molecule has 3 rings (SSSR count). The van der Waals surface area contributed by atoms with Crippen LogP contribution in [0, 0.1) is 6.92 Å². The van der Waals surface area contributed by atoms with E-state index in [4.69, 9.17) is 17.3 Å². The van der Waals surface area contributed by atoms with E-state index in [9.17, 15) is 18.0 Å². The molecule has 0 radical (unpaired) electrons. The number of nitrogens with zero attached hydrogens (tertiary/aromatic N) is 4. The lowest BCUT2D eigenvalue weighted by Crippen LogP contribution is -2.39. The SMILES string of the molecule is Cc1cc(CN2N=NN(c3ccc(OC(F)(F)F)c(Cl)c3)C2C=O)ccc1N. The molecule has 28 heavy (non-hydrogen) atoms. The Bertz CT molecular complexity index is 922. The minimum Gasteiger partial charge on any atom is -0.404 e. The molecule has 0 aliphatic carbocycles. The van der Waals surface area contributed by atoms with Crippen molar-refractivity contribution in [1.82, 2.24) is 5.01 Å². The number of ether oxygens (including phenoxy) is 1. The first-order valence-electron chi connectivity index (χ1n) is 8.01. The highest BCUT2D eigenvalue weighted by Gasteiger charge is 2.34. The van der Waals surface area contributed by atoms with Gasteiger partial charge in [0.25, 0.3) is 0 Å². The smallest absolute Gasteiger partial charge is 0.404 e. The van der Waals surface area contributed by atoms with Gasteiger partial charge >= 0.3 is 6.36 Å². The summed E-state index contributed by atoms with van der Waals surface area (Å²) in [5.74, 6) is -0.550. The number of rotatable bonds is 5. The van der Waals surface area contributed by atoms with Crippen LogP contribution in [0.15, 0.2) is 46.8 Å². The van der Waals surface area contributed by atoms with Crippen LogP contribution in [-0.2, 0) is 11.3 Å². The fraction of sp³-hybridized carbons (Fsp3) is 0.235. The van der Waals surface area contributed by atoms with Crippen LogP contribution in [0.3, 0.4) is 0 Å². The van der Waals surface area contributed by atoms with Gasteiger partial charge in [-0.25, -0.2) is 10.0 Å². The number of carbonyl (C=O) groups excluding carboxylic acids is 1. The molecule has 1 unspecified atom stereocenters. The fourth-order valence-corrected chi connectivity index (χ4v) is 2.86. The number of halogens is 4. The number of alkyl halides is 3. The Balaban J connectivity index is 1.78. The van der Waals surface area contributed by atoms with Crippen molar-refractivity contribution in [3.63, 3.8) is 0 Å². The van der Waals surface area contributed by atoms with E-state index >= 15 is 0 Å². The molecule has 0 fully saturated rings. The van der Waals surface area contributed by atoms with Gasteiger partial charge in [0.1, 0.15) is 5.75 Å². The van der Waals surface area contributed by atoms with Gasteiger partial charge in [0.05, 0.1) is 17.3 Å². The van der Waals surface area contributed by atoms with Crippen molar-refractivity contribution < 1.29 is 22.7 Å². The van der Waals surface area contributed by atoms with Crippen LogP contribution in [0.2, 0.25) is 5.02 Å². The van der Waals surface area contributed by atoms with E-state index in [1.54, 1.807) is 6.07 Å². The zero-order chi connectivity index (χ0) is 20.5. The zero-order valence-corrected chi connectivity index (χ0v) is 15.3. The van der Waals surface area contributed by atoms with Gasteiger partial charge in [-0.05, 0) is 47.5 Å². The third-order valence-electron chi connectivity index (χ3n) is 4.01. The summed E-state index contributed by atoms with van der Waals surface area (Å²) in [5, 5.41) is 10.3. The summed E-state index contributed by atoms with van der Waals surface area (Å²) < 4.78 is 40.9. The minimum atomic E-state index is -4.86. The fourth-order valence-electron chi connectivity index (χ4n) is 2.65. The maximum atomic E-state index is 12.4. The predicted molar refractivity (Wildman–Crippen MR) is 96.5 cm³/mol. The Morgan fingerprint density at radius 1 is 1.25 bits per heavy atom. The molecule has 0 aromatic heterocycles. The van der Waals surface area contributed by atoms with Gasteiger partial charge in [0.2, 0.25) is 0 Å². The molecule has 1 aliphatic heterocycles. The number of aldehydes is 1. The Hall–Kier alpha value is -3.01. The van der Waals surface area contributed by atoms with Gasteiger partial charge in [0, 0.05) is 5.69 Å². The number of hydrogen-bond donors (Lipinski definition) is 1. The molecule has 0 bridgehead atoms. The number of anilines is 2. The maximum Gasteiger partial charge on any atom is 0.573 e. The monoisotopic (exact) mass is 413 g/mol. The summed E-state index contributed by atoms with van der Waals surface area (Å²) in [4.78, 5) is 11.6. The number of aryl methyl sites for hydroxylation is 1. The quantitative estimate of drug-likeness (QED) is 0.585. The van der Waals surface area contributed by atoms with E-state index in [-0.39, 0.29) is 17.3 Å². The van der Waals surface area contributed by atoms with Gasteiger partial charge in [-0.15, -0.1) is 13.2 Å². The third-order valence-corrected chi connectivity index (χ3v) is 4.31. The molecule has 0 spiro atoms. The van der Waals surface area contributed by atoms with Gasteiger partial charge in [0.15, 0.2) is 12.5 Å². The van der Waals surface area contributed by atoms with Crippen LogP contribution in [-0.4, -0.2) is 23.8 Å². The van der Waals surface area contributed by atoms with Crippen molar-refractivity contribution in [3.8, 4) is 5.75 Å². The van der Waals surface area contributed by atoms with Gasteiger partial charge < -0.3 is 10.5 Å². The summed E-state index contributed by atoms with van der Waals surface area (Å²) in [6, 6.07) is 9.01. The molecule has 11 heteroatoms. The van der Waals surface area contributed by atoms with Crippen molar-refractivity contribution >= 4 is 29.3 Å². The van der Waals surface area contributed by atoms with Crippen molar-refractivity contribution in [2.24, 2.45) is 10.4 Å². The molecule has 148 valence electrons. The lowest BCUT2D eigenvalue weighted by Gasteiger charge is -2.24. The first kappa shape index (κ1) is 19.7. The molecule has 2 aromatic carbocycles. The molecule has 0 saturated heterocycles. The van der Waals surface area contributed by atoms with Crippen molar-refractivity contribution in [2.45, 2.75) is 26.0 Å². The van der Waals surface area contributed by atoms with E-state index in [1.807, 2.05) is 19.1 Å². The van der Waals surface area contributed by atoms with Crippen LogP contribution < -0.4 is 15.5 Å². The van der Waals surface area contributed by atoms with Gasteiger partial charge in [-0.3, -0.25) is 4.79 Å². The van der Waals surface area contributed by atoms with Crippen LogP contribution in [0.25, 0.3) is 0 Å². The molecule has 0 amide bonds. The standard InChI is InChI=1S/C17H15ClF3N5O2/c1-10-6-11(2-4-14(10)22)8-25-16(9-27)26(24-23-25)12-3-5-15(13(18)7-12)28-17(19,20)21/h2-7,9,16H,8,22H2,1H3. The second-order valence-electron chi connectivity index (χ2n) is 6.02. The molecule has 1 atom stereocenters. The van der Waals surface area contributed by atoms with E-state index in [1.165, 1.54) is 22.2 Å². The molecule has 2 N–H and O–H groups in total. The molecule has 7 nitrogen and oxygen atoms in total. The number of nitrogen functional groups attached to an aromatic ring is 1. The Labute approximate surface area is 163 Å². The number of carbonyl (C=O) groups is 1. The largest absolute Gasteiger partial charge is 0.573 e. The lowest BCUT2D eigenvalue weighted by molar-refractivity contribution is -0.274. The summed E-state index contributed by atoms with van der Waals surface area (Å²) in [6.45, 7) is 2.15. The van der Waals surface area contributed by atoms with Crippen LogP contribution in [0.1, 0.15) is 11.1 Å². The summed E-state index contributed by atoms with van der Waals surface area (Å²) >= 11 is 5.87. The average Bonchev–Trinajstić information content (AvgIpc) is 3.01. The predicted octanol–water partition coefficient (Wildman–Crippen LogP) is 4.26. The highest BCUT2D eigenvalue weighted by Crippen LogP contribution is 2.35. The Kier molecular flexibility index (Phi) is 5.32. The first-order valence-corrected chi connectivity index (χ1v) is 8.39. The molecule has 0 saturated carbocycles. The number of benzene rings is 2. The van der Waals surface area contributed by atoms with Crippen molar-refractivity contribution in [3.05, 3.63) is 52.5 Å². The molecule has 1 aliphatic rings. The summed E-state index contributed by atoms with van der Waals surface area (Å²) in [6.07, 6.45) is -5.13. The number of hydrogen-bond acceptors (Lipinski definition) is 7. The molecular weight excluding hydrogens is 399 g/mol. The van der Waals surface area contributed by atoms with Gasteiger partial charge in [-0.2, -0.15) is 0 Å². The Morgan fingerprint density at radius 3 is 2.61 bits per heavy atom. The average molecular weight is 414 g/mol. The van der Waals surface area contributed by atoms with E-state index in [0.29, 0.717) is 12.0 Å². The molecule has 2 aromatic rings. The van der Waals surface area contributed by atoms with Crippen LogP contribution in [0.4, 0.5) is 24.5 Å². The Morgan fingerprint density at radius 2 is 2.00 bits per heavy atom. The highest BCUT2D eigenvalue weighted by atomic mass is 35.5. The first-order chi connectivity index (χ1) is 13.2. The second kappa shape index (κ2) is 7.55. The van der Waals surface area contributed by atoms with Crippen LogP contribution >= 0.6 is 11.6 Å². The minimum absolute atomic E-state index is 0.276. The molecule has 1 heterocycles. The summed E-state index contributed by atoms with van der Waals surface area (Å²) in [7, 11) is 0. The number of nitrogens with two attached hydrogens (primary N) is 1. The topological polar surface area (TPSA) is 83.5 Å². The normalized spacial score (nSPS) is 16.5. The van der Waals surface area contributed by atoms with E-state index in [2.05, 4.69) is 15.2 Å². The van der Waals surface area contributed by atoms with Crippen molar-refractivity contribution in [2.75, 3.05) is 10.7 Å². The second-order valence-corrected chi connectivity index (χ2v) is 6.43. The van der Waals surface area contributed by atoms with Crippen LogP contribution in [0.5, 0.6) is 5.75 Å². The van der Waals surface area contributed by atoms with E-state index < -0.39 is 18.3 Å². The third kappa shape index (κ3) is 4.28. The maximum absolute atomic E-state index is 12.4. The van der Waals surface area contributed by atoms with Gasteiger partial charge in [-0.1, -0.05) is 29.0 Å². The molecular formula is C17H15ClF3N5O2. The summed E-state index contributed by atoms with van der Waals surface area (Å²) in [5.41, 5.74) is 8.49. The van der Waals surface area contributed by atoms with E-state index in [0.717, 1.165) is 17.2 Å². The lowest BCUT2D eigenvalue weighted by atomic mass is 10.1. The van der Waals surface area contributed by atoms with Crippen molar-refractivity contribution in [1.29, 1.82) is 0 Å². The zero-order valence-electron chi connectivity index (χ0n) is 14.5. The highest BCUT2D eigenvalue weighted by molar-refractivity contribution is 6.32.